The molecule has 0 rings (SSSR count). The van der Waals surface area contributed by atoms with Gasteiger partial charge in [-0.3, -0.25) is 0 Å². The third kappa shape index (κ3) is 6.12. The van der Waals surface area contributed by atoms with Gasteiger partial charge in [0.25, 0.3) is 0 Å². The fourth-order valence-corrected chi connectivity index (χ4v) is 0.433. The van der Waals surface area contributed by atoms with Gasteiger partial charge in [-0.05, 0) is 6.92 Å². The molecule has 0 atom stereocenters. The molecule has 0 aromatic rings. The van der Waals surface area contributed by atoms with Crippen molar-refractivity contribution in [3.8, 4) is 0 Å². The predicted molar refractivity (Wildman–Crippen MR) is 33.4 cm³/mol. The van der Waals surface area contributed by atoms with Crippen molar-refractivity contribution in [2.24, 2.45) is 0 Å². The lowest BCUT2D eigenvalue weighted by Gasteiger charge is -2.12. The van der Waals surface area contributed by atoms with E-state index in [1.54, 1.807) is 6.92 Å². The van der Waals surface area contributed by atoms with Crippen LogP contribution in [0.15, 0.2) is 0 Å². The number of rotatable bonds is 6. The van der Waals surface area contributed by atoms with Crippen LogP contribution in [0.2, 0.25) is 0 Å². The summed E-state index contributed by atoms with van der Waals surface area (Å²) in [5, 5.41) is 0. The molecule has 0 heterocycles. The minimum atomic E-state index is -3.66. The lowest BCUT2D eigenvalue weighted by atomic mass is 10.6. The molecule has 0 amide bonds. The lowest BCUT2D eigenvalue weighted by molar-refractivity contribution is -0.250. The summed E-state index contributed by atoms with van der Waals surface area (Å²) in [6.07, 6.45) is -3.66. The summed E-state index contributed by atoms with van der Waals surface area (Å²) in [7, 11) is 0. The molecule has 0 aliphatic rings. The van der Waals surface area contributed by atoms with Crippen molar-refractivity contribution in [1.82, 2.24) is 0 Å². The third-order valence-corrected chi connectivity index (χ3v) is 0.901. The van der Waals surface area contributed by atoms with Crippen molar-refractivity contribution in [3.63, 3.8) is 0 Å². The van der Waals surface area contributed by atoms with E-state index in [0.717, 1.165) is 0 Å². The van der Waals surface area contributed by atoms with Gasteiger partial charge in [-0.1, -0.05) is 0 Å². The summed E-state index contributed by atoms with van der Waals surface area (Å²) in [4.78, 5) is 0. The van der Waals surface area contributed by atoms with Crippen molar-refractivity contribution in [1.29, 1.82) is 0 Å². The van der Waals surface area contributed by atoms with Crippen molar-refractivity contribution in [2.45, 2.75) is 13.0 Å². The smallest absolute Gasteiger partial charge is 0.379 e. The molecule has 11 heavy (non-hydrogen) atoms. The van der Waals surface area contributed by atoms with Crippen LogP contribution in [0, 0.1) is 0 Å². The summed E-state index contributed by atoms with van der Waals surface area (Å²) in [5.74, 6) is 0. The number of hydrogen-bond acceptors (Lipinski definition) is 2. The highest BCUT2D eigenvalue weighted by molar-refractivity contribution is 4.47. The summed E-state index contributed by atoms with van der Waals surface area (Å²) >= 11 is 0. The van der Waals surface area contributed by atoms with Crippen LogP contribution in [0.5, 0.6) is 0 Å². The summed E-state index contributed by atoms with van der Waals surface area (Å²) in [5.41, 5.74) is 0. The van der Waals surface area contributed by atoms with E-state index in [-0.39, 0.29) is 13.2 Å². The molecule has 0 aliphatic heterocycles. The second kappa shape index (κ2) is 5.37. The second-order valence-corrected chi connectivity index (χ2v) is 1.82. The average Bonchev–Trinajstić information content (AvgIpc) is 1.99. The molecule has 0 aromatic heterocycles. The lowest BCUT2D eigenvalue weighted by Crippen LogP contribution is -2.25. The topological polar surface area (TPSA) is 18.5 Å². The Morgan fingerprint density at radius 1 is 1.27 bits per heavy atom. The van der Waals surface area contributed by atoms with E-state index in [0.29, 0.717) is 6.61 Å². The molecule has 0 bridgehead atoms. The van der Waals surface area contributed by atoms with Gasteiger partial charge in [0.05, 0.1) is 13.2 Å². The average molecular weight is 172 g/mol. The van der Waals surface area contributed by atoms with Crippen LogP contribution in [0.25, 0.3) is 0 Å². The van der Waals surface area contributed by atoms with Crippen molar-refractivity contribution in [3.05, 3.63) is 0 Å². The number of alkyl halides is 3. The van der Waals surface area contributed by atoms with Gasteiger partial charge in [-0.15, -0.1) is 0 Å². The Hall–Kier alpha value is -0.290. The van der Waals surface area contributed by atoms with Crippen LogP contribution >= 0.6 is 0 Å². The zero-order valence-electron chi connectivity index (χ0n) is 6.28. The van der Waals surface area contributed by atoms with E-state index >= 15 is 0 Å². The maximum Gasteiger partial charge on any atom is 0.384 e. The Morgan fingerprint density at radius 3 is 2.36 bits per heavy atom. The van der Waals surface area contributed by atoms with Gasteiger partial charge in [-0.2, -0.15) is 8.78 Å². The SMILES string of the molecule is CCOCCOC(F)(F)CF. The van der Waals surface area contributed by atoms with Gasteiger partial charge in [0.1, 0.15) is 0 Å². The molecule has 5 heteroatoms. The Bertz CT molecular complexity index is 97.8. The Morgan fingerprint density at radius 2 is 1.91 bits per heavy atom. The van der Waals surface area contributed by atoms with Gasteiger partial charge in [0, 0.05) is 6.61 Å². The van der Waals surface area contributed by atoms with Crippen LogP contribution in [0.4, 0.5) is 13.2 Å². The van der Waals surface area contributed by atoms with Gasteiger partial charge in [-0.25, -0.2) is 4.39 Å². The zero-order valence-corrected chi connectivity index (χ0v) is 6.28. The molecule has 0 unspecified atom stereocenters. The highest BCUT2D eigenvalue weighted by Crippen LogP contribution is 2.14. The van der Waals surface area contributed by atoms with Gasteiger partial charge < -0.3 is 9.47 Å². The molecular formula is C6H11F3O2. The summed E-state index contributed by atoms with van der Waals surface area (Å²) < 4.78 is 43.8. The first kappa shape index (κ1) is 10.7. The normalized spacial score (nSPS) is 12.0. The first-order valence-electron chi connectivity index (χ1n) is 3.28. The number of ether oxygens (including phenoxy) is 2. The third-order valence-electron chi connectivity index (χ3n) is 0.901. The minimum Gasteiger partial charge on any atom is -0.379 e. The van der Waals surface area contributed by atoms with Crippen LogP contribution in [0.3, 0.4) is 0 Å². The molecule has 2 nitrogen and oxygen atoms in total. The van der Waals surface area contributed by atoms with Gasteiger partial charge >= 0.3 is 6.11 Å². The van der Waals surface area contributed by atoms with Gasteiger partial charge in [0.2, 0.25) is 0 Å². The van der Waals surface area contributed by atoms with Gasteiger partial charge in [0.15, 0.2) is 6.67 Å². The Labute approximate surface area is 63.3 Å². The predicted octanol–water partition coefficient (Wildman–Crippen LogP) is 1.60. The molecule has 0 radical (unpaired) electrons. The molecule has 68 valence electrons. The molecule has 0 aromatic carbocycles. The monoisotopic (exact) mass is 172 g/mol. The minimum absolute atomic E-state index is 0.0616. The Kier molecular flexibility index (Phi) is 5.23. The second-order valence-electron chi connectivity index (χ2n) is 1.82. The largest absolute Gasteiger partial charge is 0.384 e. The number of halogens is 3. The van der Waals surface area contributed by atoms with Crippen molar-refractivity contribution in [2.75, 3.05) is 26.5 Å². The number of hydrogen-bond donors (Lipinski definition) is 0. The first-order valence-corrected chi connectivity index (χ1v) is 3.28. The molecule has 0 saturated heterocycles. The molecule has 0 saturated carbocycles. The van der Waals surface area contributed by atoms with Crippen molar-refractivity contribution >= 4 is 0 Å². The quantitative estimate of drug-likeness (QED) is 0.566. The Balaban J connectivity index is 3.23. The maximum atomic E-state index is 11.9. The highest BCUT2D eigenvalue weighted by atomic mass is 19.3. The van der Waals surface area contributed by atoms with Crippen LogP contribution in [-0.4, -0.2) is 32.6 Å². The van der Waals surface area contributed by atoms with Crippen LogP contribution in [-0.2, 0) is 9.47 Å². The summed E-state index contributed by atoms with van der Waals surface area (Å²) in [6, 6.07) is 0. The standard InChI is InChI=1S/C6H11F3O2/c1-2-10-3-4-11-6(8,9)5-7/h2-5H2,1H3. The van der Waals surface area contributed by atoms with E-state index in [1.807, 2.05) is 0 Å². The van der Waals surface area contributed by atoms with Crippen LogP contribution in [0.1, 0.15) is 6.92 Å². The first-order chi connectivity index (χ1) is 5.12. The molecule has 0 aliphatic carbocycles. The molecule has 0 N–H and O–H groups in total. The maximum absolute atomic E-state index is 11.9. The van der Waals surface area contributed by atoms with E-state index in [1.165, 1.54) is 0 Å². The zero-order chi connectivity index (χ0) is 8.74. The van der Waals surface area contributed by atoms with E-state index < -0.39 is 12.8 Å². The fourth-order valence-electron chi connectivity index (χ4n) is 0.433. The fraction of sp³-hybridized carbons (Fsp3) is 1.00. The van der Waals surface area contributed by atoms with Crippen molar-refractivity contribution < 1.29 is 22.6 Å². The molecule has 0 fully saturated rings. The van der Waals surface area contributed by atoms with Crippen LogP contribution < -0.4 is 0 Å². The summed E-state index contributed by atoms with van der Waals surface area (Å²) in [6.45, 7) is 0.147. The van der Waals surface area contributed by atoms with E-state index in [9.17, 15) is 13.2 Å². The van der Waals surface area contributed by atoms with E-state index in [4.69, 9.17) is 4.74 Å². The highest BCUT2D eigenvalue weighted by Gasteiger charge is 2.29. The molecule has 0 spiro atoms. The molecular weight excluding hydrogens is 161 g/mol. The van der Waals surface area contributed by atoms with E-state index in [2.05, 4.69) is 4.74 Å².